The largest absolute Gasteiger partial charge is 0.497 e. The number of ether oxygens (including phenoxy) is 2. The molecule has 2 aromatic carbocycles. The Morgan fingerprint density at radius 2 is 1.62 bits per heavy atom. The van der Waals surface area contributed by atoms with Crippen molar-refractivity contribution in [1.29, 1.82) is 0 Å². The van der Waals surface area contributed by atoms with Crippen LogP contribution in [0.1, 0.15) is 25.5 Å². The molecular formula is C18H23NO2. The minimum Gasteiger partial charge on any atom is -0.497 e. The fraction of sp³-hybridized carbons (Fsp3) is 0.333. The van der Waals surface area contributed by atoms with Crippen molar-refractivity contribution in [2.45, 2.75) is 19.9 Å². The summed E-state index contributed by atoms with van der Waals surface area (Å²) in [5.74, 6) is 2.04. The molecule has 0 bridgehead atoms. The smallest absolute Gasteiger partial charge is 0.145 e. The van der Waals surface area contributed by atoms with Crippen LogP contribution >= 0.6 is 0 Å². The van der Waals surface area contributed by atoms with E-state index in [9.17, 15) is 0 Å². The Hall–Kier alpha value is -2.16. The molecule has 2 rings (SSSR count). The van der Waals surface area contributed by atoms with Crippen molar-refractivity contribution >= 4 is 5.69 Å². The molecule has 3 nitrogen and oxygen atoms in total. The van der Waals surface area contributed by atoms with Gasteiger partial charge in [-0.15, -0.1) is 0 Å². The van der Waals surface area contributed by atoms with E-state index in [0.717, 1.165) is 17.2 Å². The van der Waals surface area contributed by atoms with Crippen molar-refractivity contribution in [2.24, 2.45) is 5.92 Å². The molecule has 21 heavy (non-hydrogen) atoms. The Labute approximate surface area is 126 Å². The minimum atomic E-state index is 0.230. The average molecular weight is 285 g/mol. The maximum absolute atomic E-state index is 5.46. The maximum atomic E-state index is 5.46. The lowest BCUT2D eigenvalue weighted by molar-refractivity contribution is 0.394. The van der Waals surface area contributed by atoms with Crippen LogP contribution < -0.4 is 14.8 Å². The summed E-state index contributed by atoms with van der Waals surface area (Å²) in [6, 6.07) is 16.5. The second kappa shape index (κ2) is 7.02. The zero-order chi connectivity index (χ0) is 15.2. The van der Waals surface area contributed by atoms with Gasteiger partial charge in [-0.1, -0.05) is 44.2 Å². The maximum Gasteiger partial charge on any atom is 0.145 e. The molecule has 1 N–H and O–H groups in total. The van der Waals surface area contributed by atoms with Gasteiger partial charge in [-0.25, -0.2) is 0 Å². The summed E-state index contributed by atoms with van der Waals surface area (Å²) < 4.78 is 10.7. The predicted molar refractivity (Wildman–Crippen MR) is 87.2 cm³/mol. The summed E-state index contributed by atoms with van der Waals surface area (Å²) in [6.45, 7) is 4.42. The predicted octanol–water partition coefficient (Wildman–Crippen LogP) is 4.51. The molecular weight excluding hydrogens is 262 g/mol. The van der Waals surface area contributed by atoms with Gasteiger partial charge in [0.1, 0.15) is 11.5 Å². The molecule has 0 saturated heterocycles. The van der Waals surface area contributed by atoms with E-state index < -0.39 is 0 Å². The van der Waals surface area contributed by atoms with Crippen molar-refractivity contribution in [1.82, 2.24) is 0 Å². The lowest BCUT2D eigenvalue weighted by Gasteiger charge is -2.25. The van der Waals surface area contributed by atoms with Gasteiger partial charge in [0, 0.05) is 6.07 Å². The van der Waals surface area contributed by atoms with Crippen LogP contribution in [0.3, 0.4) is 0 Å². The Morgan fingerprint density at radius 3 is 2.19 bits per heavy atom. The molecule has 0 aromatic heterocycles. The van der Waals surface area contributed by atoms with E-state index in [2.05, 4.69) is 43.4 Å². The summed E-state index contributed by atoms with van der Waals surface area (Å²) >= 11 is 0. The topological polar surface area (TPSA) is 30.5 Å². The molecule has 0 spiro atoms. The first-order valence-electron chi connectivity index (χ1n) is 7.19. The second-order valence-corrected chi connectivity index (χ2v) is 5.34. The first-order valence-corrected chi connectivity index (χ1v) is 7.19. The van der Waals surface area contributed by atoms with Crippen LogP contribution in [0.2, 0.25) is 0 Å². The number of benzene rings is 2. The highest BCUT2D eigenvalue weighted by Gasteiger charge is 2.17. The van der Waals surface area contributed by atoms with E-state index in [1.54, 1.807) is 14.2 Å². The van der Waals surface area contributed by atoms with Crippen LogP contribution in [0.25, 0.3) is 0 Å². The fourth-order valence-corrected chi connectivity index (χ4v) is 2.38. The molecule has 0 aliphatic heterocycles. The van der Waals surface area contributed by atoms with E-state index in [1.807, 2.05) is 24.3 Å². The summed E-state index contributed by atoms with van der Waals surface area (Å²) in [5, 5.41) is 3.59. The van der Waals surface area contributed by atoms with Crippen LogP contribution in [-0.2, 0) is 0 Å². The molecule has 0 aliphatic carbocycles. The van der Waals surface area contributed by atoms with Gasteiger partial charge in [0.2, 0.25) is 0 Å². The molecule has 0 fully saturated rings. The average Bonchev–Trinajstić information content (AvgIpc) is 2.53. The van der Waals surface area contributed by atoms with E-state index in [-0.39, 0.29) is 6.04 Å². The van der Waals surface area contributed by atoms with Gasteiger partial charge in [0.05, 0.1) is 25.9 Å². The Balaban J connectivity index is 2.29. The third-order valence-corrected chi connectivity index (χ3v) is 3.55. The molecule has 0 aliphatic rings. The van der Waals surface area contributed by atoms with Crippen molar-refractivity contribution in [2.75, 3.05) is 19.5 Å². The zero-order valence-corrected chi connectivity index (χ0v) is 13.1. The standard InChI is InChI=1S/C18H23NO2/c1-13(2)18(14-8-6-5-7-9-14)19-16-11-10-15(20-3)12-17(16)21-4/h5-13,18-19H,1-4H3. The van der Waals surface area contributed by atoms with Gasteiger partial charge in [-0.2, -0.15) is 0 Å². The van der Waals surface area contributed by atoms with Gasteiger partial charge in [-0.05, 0) is 23.6 Å². The van der Waals surface area contributed by atoms with Crippen LogP contribution in [-0.4, -0.2) is 14.2 Å². The first-order chi connectivity index (χ1) is 10.2. The molecule has 2 aromatic rings. The van der Waals surface area contributed by atoms with Crippen LogP contribution in [0.4, 0.5) is 5.69 Å². The van der Waals surface area contributed by atoms with Gasteiger partial charge >= 0.3 is 0 Å². The SMILES string of the molecule is COc1ccc(NC(c2ccccc2)C(C)C)c(OC)c1. The summed E-state index contributed by atoms with van der Waals surface area (Å²) in [6.07, 6.45) is 0. The van der Waals surface area contributed by atoms with Crippen molar-refractivity contribution in [3.05, 3.63) is 54.1 Å². The summed E-state index contributed by atoms with van der Waals surface area (Å²) in [7, 11) is 3.33. The van der Waals surface area contributed by atoms with Crippen molar-refractivity contribution in [3.63, 3.8) is 0 Å². The number of methoxy groups -OCH3 is 2. The minimum absolute atomic E-state index is 0.230. The van der Waals surface area contributed by atoms with Gasteiger partial charge in [0.25, 0.3) is 0 Å². The first kappa shape index (κ1) is 15.2. The Morgan fingerprint density at radius 1 is 0.905 bits per heavy atom. The van der Waals surface area contributed by atoms with E-state index in [1.165, 1.54) is 5.56 Å². The summed E-state index contributed by atoms with van der Waals surface area (Å²) in [4.78, 5) is 0. The Kier molecular flexibility index (Phi) is 5.09. The molecule has 0 radical (unpaired) electrons. The van der Waals surface area contributed by atoms with E-state index >= 15 is 0 Å². The number of hydrogen-bond donors (Lipinski definition) is 1. The van der Waals surface area contributed by atoms with Crippen LogP contribution in [0.15, 0.2) is 48.5 Å². The molecule has 1 unspecified atom stereocenters. The molecule has 1 atom stereocenters. The molecule has 0 amide bonds. The number of hydrogen-bond acceptors (Lipinski definition) is 3. The fourth-order valence-electron chi connectivity index (χ4n) is 2.38. The van der Waals surface area contributed by atoms with Gasteiger partial charge in [-0.3, -0.25) is 0 Å². The third-order valence-electron chi connectivity index (χ3n) is 3.55. The normalized spacial score (nSPS) is 12.0. The lowest BCUT2D eigenvalue weighted by Crippen LogP contribution is -2.17. The number of rotatable bonds is 6. The molecule has 0 saturated carbocycles. The summed E-state index contributed by atoms with van der Waals surface area (Å²) in [5.41, 5.74) is 2.24. The second-order valence-electron chi connectivity index (χ2n) is 5.34. The quantitative estimate of drug-likeness (QED) is 0.847. The third kappa shape index (κ3) is 3.69. The lowest BCUT2D eigenvalue weighted by atomic mass is 9.95. The van der Waals surface area contributed by atoms with Gasteiger partial charge in [0.15, 0.2) is 0 Å². The monoisotopic (exact) mass is 285 g/mol. The number of nitrogens with one attached hydrogen (secondary N) is 1. The molecule has 0 heterocycles. The van der Waals surface area contributed by atoms with E-state index in [4.69, 9.17) is 9.47 Å². The van der Waals surface area contributed by atoms with Crippen LogP contribution in [0, 0.1) is 5.92 Å². The van der Waals surface area contributed by atoms with Crippen LogP contribution in [0.5, 0.6) is 11.5 Å². The highest BCUT2D eigenvalue weighted by atomic mass is 16.5. The van der Waals surface area contributed by atoms with Crippen molar-refractivity contribution in [3.8, 4) is 11.5 Å². The highest BCUT2D eigenvalue weighted by molar-refractivity contribution is 5.60. The molecule has 3 heteroatoms. The zero-order valence-electron chi connectivity index (χ0n) is 13.1. The number of anilines is 1. The Bertz CT molecular complexity index is 567. The highest BCUT2D eigenvalue weighted by Crippen LogP contribution is 2.34. The van der Waals surface area contributed by atoms with Gasteiger partial charge < -0.3 is 14.8 Å². The van der Waals surface area contributed by atoms with Crippen molar-refractivity contribution < 1.29 is 9.47 Å². The van der Waals surface area contributed by atoms with E-state index in [0.29, 0.717) is 5.92 Å². The molecule has 112 valence electrons.